The number of nitrogens with one attached hydrogen (secondary N) is 1. The summed E-state index contributed by atoms with van der Waals surface area (Å²) >= 11 is 0. The number of likely N-dealkylation sites (tertiary alicyclic amines) is 1. The predicted octanol–water partition coefficient (Wildman–Crippen LogP) is 2.12. The lowest BCUT2D eigenvalue weighted by molar-refractivity contribution is 0.0730. The van der Waals surface area contributed by atoms with Crippen LogP contribution in [0.1, 0.15) is 51.9 Å². The van der Waals surface area contributed by atoms with E-state index >= 15 is 0 Å². The first kappa shape index (κ1) is 13.7. The van der Waals surface area contributed by atoms with Crippen molar-refractivity contribution in [2.45, 2.75) is 64.0 Å². The molecule has 0 radical (unpaired) electrons. The monoisotopic (exact) mass is 254 g/mol. The molecule has 2 N–H and O–H groups in total. The Balaban J connectivity index is 1.80. The van der Waals surface area contributed by atoms with Gasteiger partial charge in [0.1, 0.15) is 0 Å². The minimum absolute atomic E-state index is 0.0762. The van der Waals surface area contributed by atoms with E-state index in [1.54, 1.807) is 0 Å². The summed E-state index contributed by atoms with van der Waals surface area (Å²) in [5, 5.41) is 12.8. The number of carbonyl (C=O) groups is 1. The molecule has 18 heavy (non-hydrogen) atoms. The van der Waals surface area contributed by atoms with Crippen molar-refractivity contribution in [2.75, 3.05) is 13.1 Å². The number of hydrogen-bond acceptors (Lipinski definition) is 2. The van der Waals surface area contributed by atoms with Crippen LogP contribution in [0.4, 0.5) is 4.79 Å². The predicted molar refractivity (Wildman–Crippen MR) is 71.4 cm³/mol. The molecule has 2 fully saturated rings. The molecule has 4 heteroatoms. The van der Waals surface area contributed by atoms with Crippen molar-refractivity contribution in [3.8, 4) is 0 Å². The maximum absolute atomic E-state index is 12.2. The third-order valence-corrected chi connectivity index (χ3v) is 4.36. The van der Waals surface area contributed by atoms with Crippen molar-refractivity contribution < 1.29 is 9.90 Å². The third-order valence-electron chi connectivity index (χ3n) is 4.36. The van der Waals surface area contributed by atoms with Crippen LogP contribution in [0.3, 0.4) is 0 Å². The average molecular weight is 254 g/mol. The van der Waals surface area contributed by atoms with E-state index in [1.165, 1.54) is 19.3 Å². The van der Waals surface area contributed by atoms with E-state index in [2.05, 4.69) is 5.32 Å². The van der Waals surface area contributed by atoms with Crippen molar-refractivity contribution in [3.05, 3.63) is 0 Å². The molecule has 0 aromatic carbocycles. The van der Waals surface area contributed by atoms with Gasteiger partial charge in [0.15, 0.2) is 0 Å². The molecule has 2 aliphatic rings. The number of hydrogen-bond donors (Lipinski definition) is 2. The number of urea groups is 1. The molecule has 2 rings (SSSR count). The van der Waals surface area contributed by atoms with Crippen molar-refractivity contribution in [1.82, 2.24) is 10.2 Å². The minimum atomic E-state index is -0.310. The first-order chi connectivity index (χ1) is 8.66. The SMILES string of the molecule is CC(O)C1CCCN(C(=O)NC2CCCCC2)C1. The zero-order valence-corrected chi connectivity index (χ0v) is 11.4. The van der Waals surface area contributed by atoms with Crippen LogP contribution in [0, 0.1) is 5.92 Å². The number of rotatable bonds is 2. The number of nitrogens with zero attached hydrogens (tertiary/aromatic N) is 1. The van der Waals surface area contributed by atoms with Crippen molar-refractivity contribution >= 4 is 6.03 Å². The molecule has 2 amide bonds. The van der Waals surface area contributed by atoms with Gasteiger partial charge in [-0.25, -0.2) is 4.79 Å². The van der Waals surface area contributed by atoms with Crippen molar-refractivity contribution in [2.24, 2.45) is 5.92 Å². The molecule has 0 spiro atoms. The Kier molecular flexibility index (Phi) is 4.87. The van der Waals surface area contributed by atoms with Gasteiger partial charge in [-0.3, -0.25) is 0 Å². The lowest BCUT2D eigenvalue weighted by atomic mass is 9.93. The average Bonchev–Trinajstić information content (AvgIpc) is 2.40. The highest BCUT2D eigenvalue weighted by atomic mass is 16.3. The van der Waals surface area contributed by atoms with Gasteiger partial charge in [0.25, 0.3) is 0 Å². The molecule has 0 aromatic heterocycles. The molecule has 2 atom stereocenters. The number of amides is 2. The Morgan fingerprint density at radius 2 is 1.94 bits per heavy atom. The van der Waals surface area contributed by atoms with Crippen LogP contribution in [0.15, 0.2) is 0 Å². The van der Waals surface area contributed by atoms with E-state index in [0.29, 0.717) is 12.6 Å². The highest BCUT2D eigenvalue weighted by Gasteiger charge is 2.27. The zero-order valence-electron chi connectivity index (χ0n) is 11.4. The molecule has 104 valence electrons. The first-order valence-electron chi connectivity index (χ1n) is 7.40. The quantitative estimate of drug-likeness (QED) is 0.793. The summed E-state index contributed by atoms with van der Waals surface area (Å²) in [6, 6.07) is 0.449. The highest BCUT2D eigenvalue weighted by molar-refractivity contribution is 5.74. The smallest absolute Gasteiger partial charge is 0.317 e. The summed E-state index contributed by atoms with van der Waals surface area (Å²) in [6.45, 7) is 3.37. The van der Waals surface area contributed by atoms with Gasteiger partial charge in [0.05, 0.1) is 6.10 Å². The molecule has 1 saturated carbocycles. The number of aliphatic hydroxyl groups excluding tert-OH is 1. The molecule has 0 aromatic rings. The fourth-order valence-corrected chi connectivity index (χ4v) is 3.10. The van der Waals surface area contributed by atoms with Crippen molar-refractivity contribution in [3.63, 3.8) is 0 Å². The molecule has 1 saturated heterocycles. The van der Waals surface area contributed by atoms with E-state index in [4.69, 9.17) is 0 Å². The van der Waals surface area contributed by atoms with Crippen molar-refractivity contribution in [1.29, 1.82) is 0 Å². The second-order valence-electron chi connectivity index (χ2n) is 5.87. The van der Waals surface area contributed by atoms with Gasteiger partial charge in [-0.05, 0) is 32.6 Å². The molecule has 4 nitrogen and oxygen atoms in total. The molecule has 2 unspecified atom stereocenters. The van der Waals surface area contributed by atoms with E-state index in [-0.39, 0.29) is 18.1 Å². The Morgan fingerprint density at radius 3 is 2.61 bits per heavy atom. The Morgan fingerprint density at radius 1 is 1.22 bits per heavy atom. The summed E-state index contributed by atoms with van der Waals surface area (Å²) in [6.07, 6.45) is 7.76. The van der Waals surface area contributed by atoms with E-state index in [1.807, 2.05) is 11.8 Å². The Labute approximate surface area is 110 Å². The minimum Gasteiger partial charge on any atom is -0.393 e. The first-order valence-corrected chi connectivity index (χ1v) is 7.40. The second kappa shape index (κ2) is 6.41. The maximum atomic E-state index is 12.2. The fraction of sp³-hybridized carbons (Fsp3) is 0.929. The molecular formula is C14H26N2O2. The summed E-state index contributed by atoms with van der Waals surface area (Å²) < 4.78 is 0. The summed E-state index contributed by atoms with van der Waals surface area (Å²) in [4.78, 5) is 14.1. The van der Waals surface area contributed by atoms with Crippen LogP contribution in [-0.4, -0.2) is 41.3 Å². The van der Waals surface area contributed by atoms with Gasteiger partial charge >= 0.3 is 6.03 Å². The molecule has 1 aliphatic carbocycles. The topological polar surface area (TPSA) is 52.6 Å². The summed E-state index contributed by atoms with van der Waals surface area (Å²) in [5.41, 5.74) is 0. The lowest BCUT2D eigenvalue weighted by Crippen LogP contribution is -2.50. The number of piperidine rings is 1. The summed E-state index contributed by atoms with van der Waals surface area (Å²) in [5.74, 6) is 0.246. The normalized spacial score (nSPS) is 27.9. The van der Waals surface area contributed by atoms with Crippen LogP contribution in [0.2, 0.25) is 0 Å². The molecule has 1 aliphatic heterocycles. The van der Waals surface area contributed by atoms with E-state index in [9.17, 15) is 9.90 Å². The van der Waals surface area contributed by atoms with Crippen LogP contribution in [0.25, 0.3) is 0 Å². The number of aliphatic hydroxyl groups is 1. The standard InChI is InChI=1S/C14H26N2O2/c1-11(17)12-6-5-9-16(10-12)14(18)15-13-7-3-2-4-8-13/h11-13,17H,2-10H2,1H3,(H,15,18). The van der Waals surface area contributed by atoms with Gasteiger partial charge in [-0.2, -0.15) is 0 Å². The van der Waals surface area contributed by atoms with Gasteiger partial charge in [-0.1, -0.05) is 19.3 Å². The van der Waals surface area contributed by atoms with Crippen LogP contribution in [-0.2, 0) is 0 Å². The summed E-state index contributed by atoms with van der Waals surface area (Å²) in [7, 11) is 0. The number of carbonyl (C=O) groups excluding carboxylic acids is 1. The van der Waals surface area contributed by atoms with E-state index in [0.717, 1.165) is 32.2 Å². The highest BCUT2D eigenvalue weighted by Crippen LogP contribution is 2.21. The van der Waals surface area contributed by atoms with Crippen LogP contribution in [0.5, 0.6) is 0 Å². The molecule has 0 bridgehead atoms. The van der Waals surface area contributed by atoms with Gasteiger partial charge in [0.2, 0.25) is 0 Å². The Hall–Kier alpha value is -0.770. The molecule has 1 heterocycles. The van der Waals surface area contributed by atoms with Gasteiger partial charge < -0.3 is 15.3 Å². The largest absolute Gasteiger partial charge is 0.393 e. The van der Waals surface area contributed by atoms with Crippen LogP contribution >= 0.6 is 0 Å². The Bertz CT molecular complexity index is 275. The molecular weight excluding hydrogens is 228 g/mol. The zero-order chi connectivity index (χ0) is 13.0. The van der Waals surface area contributed by atoms with Gasteiger partial charge in [-0.15, -0.1) is 0 Å². The second-order valence-corrected chi connectivity index (χ2v) is 5.87. The van der Waals surface area contributed by atoms with Gasteiger partial charge in [0, 0.05) is 25.0 Å². The van der Waals surface area contributed by atoms with E-state index < -0.39 is 0 Å². The lowest BCUT2D eigenvalue weighted by Gasteiger charge is -2.35. The fourth-order valence-electron chi connectivity index (χ4n) is 3.10. The van der Waals surface area contributed by atoms with Crippen LogP contribution < -0.4 is 5.32 Å². The third kappa shape index (κ3) is 3.61. The maximum Gasteiger partial charge on any atom is 0.317 e.